The van der Waals surface area contributed by atoms with E-state index < -0.39 is 30.0 Å². The van der Waals surface area contributed by atoms with E-state index in [9.17, 15) is 19.5 Å². The number of rotatable bonds is 9. The lowest BCUT2D eigenvalue weighted by Gasteiger charge is -2.24. The molecular weight excluding hydrogens is 400 g/mol. The van der Waals surface area contributed by atoms with Crippen LogP contribution in [0.25, 0.3) is 0 Å². The number of hydrogen-bond donors (Lipinski definition) is 5. The summed E-state index contributed by atoms with van der Waals surface area (Å²) in [5.74, 6) is 3.95. The summed E-state index contributed by atoms with van der Waals surface area (Å²) in [6, 6.07) is 13.5. The minimum absolute atomic E-state index is 0.0676. The van der Waals surface area contributed by atoms with Gasteiger partial charge in [-0.2, -0.15) is 0 Å². The van der Waals surface area contributed by atoms with E-state index in [0.29, 0.717) is 5.56 Å². The van der Waals surface area contributed by atoms with Gasteiger partial charge in [-0.3, -0.25) is 15.0 Å². The van der Waals surface area contributed by atoms with Crippen LogP contribution in [0.4, 0.5) is 4.79 Å². The van der Waals surface area contributed by atoms with E-state index in [-0.39, 0.29) is 24.7 Å². The molecule has 0 aliphatic heterocycles. The Kier molecular flexibility index (Phi) is 8.83. The van der Waals surface area contributed by atoms with Crippen LogP contribution in [-0.2, 0) is 27.4 Å². The molecule has 0 saturated heterocycles. The van der Waals surface area contributed by atoms with Crippen molar-refractivity contribution in [2.45, 2.75) is 39.0 Å². The lowest BCUT2D eigenvalue weighted by atomic mass is 10.0. The summed E-state index contributed by atoms with van der Waals surface area (Å²) in [6.45, 7) is 3.59. The van der Waals surface area contributed by atoms with Gasteiger partial charge in [-0.1, -0.05) is 56.3 Å². The van der Waals surface area contributed by atoms with Crippen molar-refractivity contribution in [3.8, 4) is 5.75 Å². The molecule has 0 fully saturated rings. The van der Waals surface area contributed by atoms with Gasteiger partial charge in [0, 0.05) is 6.42 Å². The molecular formula is C22H28N4O5. The molecule has 0 aliphatic rings. The van der Waals surface area contributed by atoms with Gasteiger partial charge in [-0.05, 0) is 29.2 Å². The van der Waals surface area contributed by atoms with Crippen molar-refractivity contribution >= 4 is 17.9 Å². The molecule has 2 rings (SSSR count). The van der Waals surface area contributed by atoms with Crippen molar-refractivity contribution in [2.24, 2.45) is 11.8 Å². The molecule has 3 amide bonds. The van der Waals surface area contributed by atoms with Gasteiger partial charge in [0.25, 0.3) is 5.91 Å². The Morgan fingerprint density at radius 1 is 0.935 bits per heavy atom. The van der Waals surface area contributed by atoms with Crippen LogP contribution in [0.5, 0.6) is 5.75 Å². The van der Waals surface area contributed by atoms with Crippen LogP contribution in [0.1, 0.15) is 25.0 Å². The van der Waals surface area contributed by atoms with Crippen molar-refractivity contribution in [1.29, 1.82) is 0 Å². The molecule has 0 heterocycles. The molecule has 166 valence electrons. The molecule has 0 radical (unpaired) electrons. The number of nitrogens with two attached hydrogens (primary N) is 1. The molecule has 0 unspecified atom stereocenters. The van der Waals surface area contributed by atoms with Gasteiger partial charge in [0.1, 0.15) is 24.4 Å². The highest BCUT2D eigenvalue weighted by molar-refractivity contribution is 5.91. The highest BCUT2D eigenvalue weighted by Gasteiger charge is 2.29. The van der Waals surface area contributed by atoms with Crippen molar-refractivity contribution in [3.05, 3.63) is 65.7 Å². The highest BCUT2D eigenvalue weighted by Crippen LogP contribution is 2.12. The van der Waals surface area contributed by atoms with Crippen LogP contribution in [0.15, 0.2) is 54.6 Å². The third-order valence-electron chi connectivity index (χ3n) is 4.59. The van der Waals surface area contributed by atoms with Gasteiger partial charge in [0.15, 0.2) is 0 Å². The van der Waals surface area contributed by atoms with E-state index in [1.807, 2.05) is 35.8 Å². The van der Waals surface area contributed by atoms with Gasteiger partial charge < -0.3 is 20.5 Å². The van der Waals surface area contributed by atoms with Crippen LogP contribution in [0.3, 0.4) is 0 Å². The first-order valence-electron chi connectivity index (χ1n) is 9.86. The summed E-state index contributed by atoms with van der Waals surface area (Å²) in [5.41, 5.74) is 3.56. The fraction of sp³-hybridized carbons (Fsp3) is 0.318. The number of alkyl carbamates (subject to hydrolysis) is 1. The third-order valence-corrected chi connectivity index (χ3v) is 4.59. The number of carbonyl (C=O) groups is 3. The summed E-state index contributed by atoms with van der Waals surface area (Å²) < 4.78 is 5.19. The van der Waals surface area contributed by atoms with Crippen LogP contribution in [0, 0.1) is 5.92 Å². The van der Waals surface area contributed by atoms with Crippen molar-refractivity contribution in [3.63, 3.8) is 0 Å². The molecule has 31 heavy (non-hydrogen) atoms. The molecule has 9 nitrogen and oxygen atoms in total. The Labute approximate surface area is 180 Å². The molecule has 2 aromatic carbocycles. The first-order chi connectivity index (χ1) is 14.8. The molecule has 2 aromatic rings. The Morgan fingerprint density at radius 3 is 2.16 bits per heavy atom. The van der Waals surface area contributed by atoms with E-state index in [2.05, 4.69) is 10.6 Å². The SMILES string of the molecule is CC(C)[C@H](NC(=O)OCc1ccccc1)C(=O)N[C@@H](Cc1ccc(O)cc1)C(=O)NN. The summed E-state index contributed by atoms with van der Waals surface area (Å²) in [5, 5.41) is 14.6. The Balaban J connectivity index is 2.00. The maximum Gasteiger partial charge on any atom is 0.408 e. The lowest BCUT2D eigenvalue weighted by molar-refractivity contribution is -0.130. The van der Waals surface area contributed by atoms with Gasteiger partial charge in [0.05, 0.1) is 0 Å². The zero-order valence-electron chi connectivity index (χ0n) is 17.5. The normalized spacial score (nSPS) is 12.5. The topological polar surface area (TPSA) is 143 Å². The van der Waals surface area contributed by atoms with Gasteiger partial charge in [-0.15, -0.1) is 0 Å². The number of hydrazine groups is 1. The average molecular weight is 428 g/mol. The predicted octanol–water partition coefficient (Wildman–Crippen LogP) is 1.36. The summed E-state index contributed by atoms with van der Waals surface area (Å²) in [4.78, 5) is 37.2. The van der Waals surface area contributed by atoms with E-state index in [1.165, 1.54) is 12.1 Å². The predicted molar refractivity (Wildman–Crippen MR) is 114 cm³/mol. The quantitative estimate of drug-likeness (QED) is 0.232. The van der Waals surface area contributed by atoms with Gasteiger partial charge >= 0.3 is 6.09 Å². The molecule has 0 spiro atoms. The van der Waals surface area contributed by atoms with Crippen LogP contribution in [0.2, 0.25) is 0 Å². The average Bonchev–Trinajstić information content (AvgIpc) is 2.76. The number of phenolic OH excluding ortho intramolecular Hbond substituents is 1. The minimum Gasteiger partial charge on any atom is -0.508 e. The number of hydrogen-bond acceptors (Lipinski definition) is 6. The number of benzene rings is 2. The van der Waals surface area contributed by atoms with Crippen LogP contribution in [-0.4, -0.2) is 35.1 Å². The van der Waals surface area contributed by atoms with E-state index in [4.69, 9.17) is 10.6 Å². The largest absolute Gasteiger partial charge is 0.508 e. The van der Waals surface area contributed by atoms with E-state index >= 15 is 0 Å². The molecule has 0 aromatic heterocycles. The number of ether oxygens (including phenoxy) is 1. The number of amides is 3. The fourth-order valence-electron chi connectivity index (χ4n) is 2.87. The summed E-state index contributed by atoms with van der Waals surface area (Å²) in [6.07, 6.45) is -0.589. The molecule has 0 aliphatic carbocycles. The second-order valence-electron chi connectivity index (χ2n) is 7.37. The van der Waals surface area contributed by atoms with E-state index in [1.54, 1.807) is 26.0 Å². The minimum atomic E-state index is -0.967. The number of aromatic hydroxyl groups is 1. The zero-order chi connectivity index (χ0) is 22.8. The first kappa shape index (κ1) is 23.7. The Morgan fingerprint density at radius 2 is 1.58 bits per heavy atom. The van der Waals surface area contributed by atoms with E-state index in [0.717, 1.165) is 5.56 Å². The van der Waals surface area contributed by atoms with Crippen LogP contribution >= 0.6 is 0 Å². The molecule has 0 bridgehead atoms. The van der Waals surface area contributed by atoms with Crippen LogP contribution < -0.4 is 21.9 Å². The summed E-state index contributed by atoms with van der Waals surface area (Å²) in [7, 11) is 0. The number of phenols is 1. The van der Waals surface area contributed by atoms with Gasteiger partial charge in [-0.25, -0.2) is 10.6 Å². The molecule has 0 saturated carbocycles. The maximum absolute atomic E-state index is 12.8. The zero-order valence-corrected chi connectivity index (χ0v) is 17.5. The maximum atomic E-state index is 12.8. The highest BCUT2D eigenvalue weighted by atomic mass is 16.5. The van der Waals surface area contributed by atoms with Gasteiger partial charge in [0.2, 0.25) is 5.91 Å². The second-order valence-corrected chi connectivity index (χ2v) is 7.37. The molecule has 9 heteroatoms. The van der Waals surface area contributed by atoms with Crippen molar-refractivity contribution in [1.82, 2.24) is 16.1 Å². The fourth-order valence-corrected chi connectivity index (χ4v) is 2.87. The Hall–Kier alpha value is -3.59. The standard InChI is InChI=1S/C22H28N4O5/c1-14(2)19(25-22(30)31-13-16-6-4-3-5-7-16)21(29)24-18(20(28)26-23)12-15-8-10-17(27)11-9-15/h3-11,14,18-19,27H,12-13,23H2,1-2H3,(H,24,29)(H,25,30)(H,26,28)/t18-,19-/m0/s1. The lowest BCUT2D eigenvalue weighted by Crippen LogP contribution is -2.56. The Bertz CT molecular complexity index is 871. The molecule has 2 atom stereocenters. The monoisotopic (exact) mass is 428 g/mol. The summed E-state index contributed by atoms with van der Waals surface area (Å²) >= 11 is 0. The third kappa shape index (κ3) is 7.63. The first-order valence-corrected chi connectivity index (χ1v) is 9.86. The molecule has 6 N–H and O–H groups in total. The number of nitrogens with one attached hydrogen (secondary N) is 3. The van der Waals surface area contributed by atoms with Crippen molar-refractivity contribution < 1.29 is 24.2 Å². The number of carbonyl (C=O) groups excluding carboxylic acids is 3. The second kappa shape index (κ2) is 11.6. The van der Waals surface area contributed by atoms with Crippen molar-refractivity contribution in [2.75, 3.05) is 0 Å². The smallest absolute Gasteiger partial charge is 0.408 e.